The lowest BCUT2D eigenvalue weighted by atomic mass is 9.97. The molecule has 0 bridgehead atoms. The van der Waals surface area contributed by atoms with Crippen molar-refractivity contribution in [1.82, 2.24) is 15.0 Å². The Morgan fingerprint density at radius 2 is 1.83 bits per heavy atom. The molecule has 0 radical (unpaired) electrons. The molecule has 7 heteroatoms. The molecule has 7 nitrogen and oxygen atoms in total. The van der Waals surface area contributed by atoms with E-state index in [0.717, 1.165) is 16.8 Å². The molecule has 29 heavy (non-hydrogen) atoms. The maximum atomic E-state index is 13.4. The van der Waals surface area contributed by atoms with E-state index in [0.29, 0.717) is 16.8 Å². The normalized spacial score (nSPS) is 11.7. The molecule has 4 aromatic rings. The fraction of sp³-hybridized carbons (Fsp3) is 0.0909. The van der Waals surface area contributed by atoms with E-state index in [2.05, 4.69) is 20.3 Å². The number of nitriles is 1. The Morgan fingerprint density at radius 1 is 1.10 bits per heavy atom. The van der Waals surface area contributed by atoms with Gasteiger partial charge in [0.2, 0.25) is 0 Å². The highest BCUT2D eigenvalue weighted by Crippen LogP contribution is 2.29. The maximum absolute atomic E-state index is 13.4. The van der Waals surface area contributed by atoms with Crippen LogP contribution in [0, 0.1) is 11.3 Å². The summed E-state index contributed by atoms with van der Waals surface area (Å²) in [7, 11) is 0. The number of aromatic nitrogens is 3. The molecule has 4 rings (SSSR count). The van der Waals surface area contributed by atoms with E-state index in [1.54, 1.807) is 6.07 Å². The Kier molecular flexibility index (Phi) is 4.67. The molecule has 0 spiro atoms. The first kappa shape index (κ1) is 18.2. The van der Waals surface area contributed by atoms with Crippen LogP contribution < -0.4 is 16.5 Å². The minimum absolute atomic E-state index is 0.0845. The number of pyridine rings is 1. The number of benzene rings is 2. The predicted octanol–water partition coefficient (Wildman–Crippen LogP) is 3.61. The van der Waals surface area contributed by atoms with Crippen molar-refractivity contribution in [1.29, 1.82) is 5.26 Å². The van der Waals surface area contributed by atoms with Gasteiger partial charge in [0, 0.05) is 16.5 Å². The highest BCUT2D eigenvalue weighted by molar-refractivity contribution is 5.83. The van der Waals surface area contributed by atoms with Gasteiger partial charge in [-0.1, -0.05) is 42.5 Å². The van der Waals surface area contributed by atoms with Gasteiger partial charge in [0.25, 0.3) is 0 Å². The number of para-hydroxylation sites is 1. The summed E-state index contributed by atoms with van der Waals surface area (Å²) in [5, 5.41) is 13.1. The Hall–Kier alpha value is -4.18. The van der Waals surface area contributed by atoms with E-state index in [4.69, 9.17) is 5.73 Å². The van der Waals surface area contributed by atoms with Crippen molar-refractivity contribution in [2.24, 2.45) is 0 Å². The van der Waals surface area contributed by atoms with Crippen molar-refractivity contribution in [2.45, 2.75) is 13.0 Å². The summed E-state index contributed by atoms with van der Waals surface area (Å²) in [5.41, 5.74) is 8.78. The van der Waals surface area contributed by atoms with E-state index >= 15 is 0 Å². The number of aromatic amines is 1. The van der Waals surface area contributed by atoms with Gasteiger partial charge in [-0.25, -0.2) is 9.97 Å². The largest absolute Gasteiger partial charge is 0.382 e. The Morgan fingerprint density at radius 3 is 2.59 bits per heavy atom. The number of nitrogen functional groups attached to an aromatic ring is 1. The summed E-state index contributed by atoms with van der Waals surface area (Å²) < 4.78 is 0. The number of nitrogens with one attached hydrogen (secondary N) is 2. The SMILES string of the molecule is CC(Nc1ncnc(N)c1C#N)c1c(-c2ccccc2)[nH]c2ccccc2c1=O. The fourth-order valence-electron chi connectivity index (χ4n) is 3.39. The van der Waals surface area contributed by atoms with Crippen LogP contribution in [0.5, 0.6) is 0 Å². The molecule has 1 unspecified atom stereocenters. The number of anilines is 2. The van der Waals surface area contributed by atoms with Crippen LogP contribution in [-0.4, -0.2) is 15.0 Å². The number of hydrogen-bond acceptors (Lipinski definition) is 6. The van der Waals surface area contributed by atoms with E-state index in [1.165, 1.54) is 6.33 Å². The van der Waals surface area contributed by atoms with Crippen LogP contribution in [0.4, 0.5) is 11.6 Å². The molecular formula is C22H18N6O. The van der Waals surface area contributed by atoms with Gasteiger partial charge in [0.05, 0.1) is 11.7 Å². The zero-order valence-corrected chi connectivity index (χ0v) is 15.7. The minimum atomic E-state index is -0.444. The van der Waals surface area contributed by atoms with Gasteiger partial charge in [-0.05, 0) is 24.6 Å². The third kappa shape index (κ3) is 3.28. The van der Waals surface area contributed by atoms with E-state index in [1.807, 2.05) is 61.5 Å². The van der Waals surface area contributed by atoms with Crippen LogP contribution >= 0.6 is 0 Å². The van der Waals surface area contributed by atoms with Crippen LogP contribution in [0.3, 0.4) is 0 Å². The van der Waals surface area contributed by atoms with Gasteiger partial charge < -0.3 is 16.0 Å². The summed E-state index contributed by atoms with van der Waals surface area (Å²) >= 11 is 0. The second-order valence-electron chi connectivity index (χ2n) is 6.61. The predicted molar refractivity (Wildman–Crippen MR) is 113 cm³/mol. The average Bonchev–Trinajstić information content (AvgIpc) is 2.74. The van der Waals surface area contributed by atoms with Crippen molar-refractivity contribution in [3.63, 3.8) is 0 Å². The first-order valence-corrected chi connectivity index (χ1v) is 9.07. The molecule has 0 aliphatic heterocycles. The van der Waals surface area contributed by atoms with Crippen molar-refractivity contribution in [3.8, 4) is 17.3 Å². The number of nitrogens with two attached hydrogens (primary N) is 1. The summed E-state index contributed by atoms with van der Waals surface area (Å²) in [5.74, 6) is 0.381. The van der Waals surface area contributed by atoms with E-state index in [9.17, 15) is 10.1 Å². The summed E-state index contributed by atoms with van der Waals surface area (Å²) in [6, 6.07) is 18.6. The monoisotopic (exact) mass is 382 g/mol. The van der Waals surface area contributed by atoms with Gasteiger partial charge in [0.1, 0.15) is 29.6 Å². The fourth-order valence-corrected chi connectivity index (χ4v) is 3.39. The Balaban J connectivity index is 1.91. The van der Waals surface area contributed by atoms with E-state index in [-0.39, 0.29) is 16.8 Å². The van der Waals surface area contributed by atoms with Crippen molar-refractivity contribution >= 4 is 22.5 Å². The number of fused-ring (bicyclic) bond motifs is 1. The molecule has 142 valence electrons. The van der Waals surface area contributed by atoms with Crippen LogP contribution in [-0.2, 0) is 0 Å². The van der Waals surface area contributed by atoms with E-state index < -0.39 is 6.04 Å². The smallest absolute Gasteiger partial charge is 0.195 e. The molecule has 0 aliphatic rings. The van der Waals surface area contributed by atoms with Crippen LogP contribution in [0.15, 0.2) is 65.7 Å². The molecular weight excluding hydrogens is 364 g/mol. The van der Waals surface area contributed by atoms with Crippen LogP contribution in [0.25, 0.3) is 22.2 Å². The Labute approximate surface area is 166 Å². The standard InChI is InChI=1S/C22H18N6O/c1-13(27-22-16(11-23)21(24)25-12-26-22)18-19(14-7-3-2-4-8-14)28-17-10-6-5-9-15(17)20(18)29/h2-10,12-13H,1H3,(H,28,29)(H3,24,25,26,27). The number of nitrogens with zero attached hydrogens (tertiary/aromatic N) is 3. The summed E-state index contributed by atoms with van der Waals surface area (Å²) in [6.45, 7) is 1.85. The topological polar surface area (TPSA) is 120 Å². The van der Waals surface area contributed by atoms with Crippen LogP contribution in [0.1, 0.15) is 24.1 Å². The number of hydrogen-bond donors (Lipinski definition) is 3. The first-order valence-electron chi connectivity index (χ1n) is 9.07. The zero-order valence-electron chi connectivity index (χ0n) is 15.7. The second kappa shape index (κ2) is 7.44. The molecule has 0 fully saturated rings. The highest BCUT2D eigenvalue weighted by Gasteiger charge is 2.21. The average molecular weight is 382 g/mol. The van der Waals surface area contributed by atoms with Crippen molar-refractivity contribution in [2.75, 3.05) is 11.1 Å². The highest BCUT2D eigenvalue weighted by atomic mass is 16.1. The molecule has 2 aromatic carbocycles. The first-order chi connectivity index (χ1) is 14.1. The summed E-state index contributed by atoms with van der Waals surface area (Å²) in [6.07, 6.45) is 1.29. The number of rotatable bonds is 4. The maximum Gasteiger partial charge on any atom is 0.195 e. The minimum Gasteiger partial charge on any atom is -0.382 e. The zero-order chi connectivity index (χ0) is 20.4. The molecule has 2 aromatic heterocycles. The molecule has 0 saturated carbocycles. The third-order valence-electron chi connectivity index (χ3n) is 4.78. The molecule has 0 amide bonds. The van der Waals surface area contributed by atoms with Gasteiger partial charge in [0.15, 0.2) is 5.43 Å². The van der Waals surface area contributed by atoms with Gasteiger partial charge in [-0.3, -0.25) is 4.79 Å². The van der Waals surface area contributed by atoms with Crippen molar-refractivity contribution in [3.05, 3.63) is 82.3 Å². The van der Waals surface area contributed by atoms with Gasteiger partial charge >= 0.3 is 0 Å². The lowest BCUT2D eigenvalue weighted by molar-refractivity contribution is 0.861. The quantitative estimate of drug-likeness (QED) is 0.496. The number of H-pyrrole nitrogens is 1. The van der Waals surface area contributed by atoms with Crippen LogP contribution in [0.2, 0.25) is 0 Å². The van der Waals surface area contributed by atoms with Gasteiger partial charge in [-0.2, -0.15) is 5.26 Å². The molecule has 4 N–H and O–H groups in total. The lowest BCUT2D eigenvalue weighted by Crippen LogP contribution is -2.21. The second-order valence-corrected chi connectivity index (χ2v) is 6.61. The Bertz CT molecular complexity index is 1290. The van der Waals surface area contributed by atoms with Crippen molar-refractivity contribution < 1.29 is 0 Å². The molecule has 0 saturated heterocycles. The summed E-state index contributed by atoms with van der Waals surface area (Å²) in [4.78, 5) is 24.8. The lowest BCUT2D eigenvalue weighted by Gasteiger charge is -2.19. The molecule has 2 heterocycles. The molecule has 0 aliphatic carbocycles. The third-order valence-corrected chi connectivity index (χ3v) is 4.78. The van der Waals surface area contributed by atoms with Gasteiger partial charge in [-0.15, -0.1) is 0 Å². The molecule has 1 atom stereocenters.